The second kappa shape index (κ2) is 3.65. The molecule has 0 unspecified atom stereocenters. The largest absolute Gasteiger partial charge is 0.456 e. The van der Waals surface area contributed by atoms with Gasteiger partial charge in [-0.3, -0.25) is 4.79 Å². The average molecular weight is 214 g/mol. The van der Waals surface area contributed by atoms with E-state index >= 15 is 0 Å². The second-order valence-electron chi connectivity index (χ2n) is 3.57. The van der Waals surface area contributed by atoms with Crippen molar-refractivity contribution in [2.24, 2.45) is 0 Å². The Morgan fingerprint density at radius 3 is 2.93 bits per heavy atom. The minimum absolute atomic E-state index is 0.132. The number of amides is 1. The van der Waals surface area contributed by atoms with E-state index in [9.17, 15) is 4.79 Å². The molecule has 14 heavy (non-hydrogen) atoms. The standard InChI is InChI=1S/C10H12ClNO2/c1-6-7(5-11)4-9(14-6)10(13)12-8-2-3-8/h4,8H,2-3,5H2,1H3,(H,12,13). The van der Waals surface area contributed by atoms with E-state index in [4.69, 9.17) is 16.0 Å². The number of carbonyl (C=O) groups is 1. The van der Waals surface area contributed by atoms with E-state index in [0.717, 1.165) is 24.2 Å². The molecular weight excluding hydrogens is 202 g/mol. The SMILES string of the molecule is Cc1oc(C(=O)NC2CC2)cc1CCl. The van der Waals surface area contributed by atoms with Gasteiger partial charge < -0.3 is 9.73 Å². The van der Waals surface area contributed by atoms with Crippen molar-refractivity contribution < 1.29 is 9.21 Å². The Bertz CT molecular complexity index is 355. The van der Waals surface area contributed by atoms with Crippen molar-refractivity contribution in [2.45, 2.75) is 31.7 Å². The van der Waals surface area contributed by atoms with Crippen LogP contribution in [0.2, 0.25) is 0 Å². The third-order valence-electron chi connectivity index (χ3n) is 2.30. The highest BCUT2D eigenvalue weighted by molar-refractivity contribution is 6.17. The molecule has 0 aliphatic heterocycles. The molecule has 1 aliphatic rings. The molecule has 76 valence electrons. The third kappa shape index (κ3) is 1.93. The van der Waals surface area contributed by atoms with Crippen molar-refractivity contribution in [1.29, 1.82) is 0 Å². The first-order valence-corrected chi connectivity index (χ1v) is 5.20. The normalized spacial score (nSPS) is 15.6. The first-order valence-electron chi connectivity index (χ1n) is 4.67. The number of hydrogen-bond acceptors (Lipinski definition) is 2. The van der Waals surface area contributed by atoms with Crippen LogP contribution in [-0.4, -0.2) is 11.9 Å². The topological polar surface area (TPSA) is 42.2 Å². The zero-order chi connectivity index (χ0) is 10.1. The molecule has 4 heteroatoms. The number of furan rings is 1. The molecule has 0 aromatic carbocycles. The third-order valence-corrected chi connectivity index (χ3v) is 2.59. The summed E-state index contributed by atoms with van der Waals surface area (Å²) in [5.74, 6) is 1.34. The van der Waals surface area contributed by atoms with Crippen LogP contribution in [-0.2, 0) is 5.88 Å². The van der Waals surface area contributed by atoms with Gasteiger partial charge in [0.1, 0.15) is 5.76 Å². The van der Waals surface area contributed by atoms with Gasteiger partial charge in [0, 0.05) is 11.6 Å². The minimum Gasteiger partial charge on any atom is -0.456 e. The maximum absolute atomic E-state index is 11.5. The molecule has 0 spiro atoms. The van der Waals surface area contributed by atoms with E-state index in [2.05, 4.69) is 5.32 Å². The van der Waals surface area contributed by atoms with E-state index in [1.807, 2.05) is 6.92 Å². The van der Waals surface area contributed by atoms with Crippen LogP contribution in [0.25, 0.3) is 0 Å². The highest BCUT2D eigenvalue weighted by Gasteiger charge is 2.25. The van der Waals surface area contributed by atoms with Crippen LogP contribution < -0.4 is 5.32 Å². The molecule has 1 heterocycles. The molecule has 0 bridgehead atoms. The van der Waals surface area contributed by atoms with Crippen molar-refractivity contribution in [1.82, 2.24) is 5.32 Å². The van der Waals surface area contributed by atoms with Crippen molar-refractivity contribution in [3.8, 4) is 0 Å². The van der Waals surface area contributed by atoms with Gasteiger partial charge in [0.15, 0.2) is 5.76 Å². The molecule has 0 saturated heterocycles. The van der Waals surface area contributed by atoms with Crippen molar-refractivity contribution in [3.05, 3.63) is 23.2 Å². The molecule has 1 aliphatic carbocycles. The monoisotopic (exact) mass is 213 g/mol. The highest BCUT2D eigenvalue weighted by Crippen LogP contribution is 2.21. The van der Waals surface area contributed by atoms with Crippen LogP contribution in [0.1, 0.15) is 34.7 Å². The summed E-state index contributed by atoms with van der Waals surface area (Å²) in [4.78, 5) is 11.5. The molecule has 3 nitrogen and oxygen atoms in total. The van der Waals surface area contributed by atoms with E-state index in [1.165, 1.54) is 0 Å². The lowest BCUT2D eigenvalue weighted by Gasteiger charge is -1.97. The lowest BCUT2D eigenvalue weighted by atomic mass is 10.3. The van der Waals surface area contributed by atoms with Crippen molar-refractivity contribution in [3.63, 3.8) is 0 Å². The lowest BCUT2D eigenvalue weighted by Crippen LogP contribution is -2.24. The van der Waals surface area contributed by atoms with Gasteiger partial charge in [0.05, 0.1) is 5.88 Å². The Morgan fingerprint density at radius 2 is 2.43 bits per heavy atom. The number of halogens is 1. The van der Waals surface area contributed by atoms with E-state index < -0.39 is 0 Å². The molecular formula is C10H12ClNO2. The summed E-state index contributed by atoms with van der Waals surface area (Å²) in [5, 5.41) is 2.86. The molecule has 1 amide bonds. The van der Waals surface area contributed by atoms with E-state index in [1.54, 1.807) is 6.07 Å². The van der Waals surface area contributed by atoms with Crippen LogP contribution in [0.15, 0.2) is 10.5 Å². The van der Waals surface area contributed by atoms with Gasteiger partial charge in [0.25, 0.3) is 5.91 Å². The highest BCUT2D eigenvalue weighted by atomic mass is 35.5. The van der Waals surface area contributed by atoms with Crippen LogP contribution in [0.4, 0.5) is 0 Å². The predicted octanol–water partition coefficient (Wildman–Crippen LogP) is 2.22. The molecule has 1 aromatic heterocycles. The van der Waals surface area contributed by atoms with Crippen LogP contribution in [0.3, 0.4) is 0 Å². The van der Waals surface area contributed by atoms with Gasteiger partial charge >= 0.3 is 0 Å². The van der Waals surface area contributed by atoms with Gasteiger partial charge in [-0.05, 0) is 25.8 Å². The van der Waals surface area contributed by atoms with E-state index in [0.29, 0.717) is 17.7 Å². The van der Waals surface area contributed by atoms with Crippen molar-refractivity contribution in [2.75, 3.05) is 0 Å². The Balaban J connectivity index is 2.10. The summed E-state index contributed by atoms with van der Waals surface area (Å²) in [7, 11) is 0. The lowest BCUT2D eigenvalue weighted by molar-refractivity contribution is 0.0922. The van der Waals surface area contributed by atoms with Crippen LogP contribution in [0, 0.1) is 6.92 Å². The number of carbonyl (C=O) groups excluding carboxylic acids is 1. The summed E-state index contributed by atoms with van der Waals surface area (Å²) >= 11 is 5.68. The fourth-order valence-corrected chi connectivity index (χ4v) is 1.51. The number of nitrogens with one attached hydrogen (secondary N) is 1. The predicted molar refractivity (Wildman–Crippen MR) is 53.5 cm³/mol. The molecule has 0 radical (unpaired) electrons. The minimum atomic E-state index is -0.132. The number of aryl methyl sites for hydroxylation is 1. The quantitative estimate of drug-likeness (QED) is 0.783. The van der Waals surface area contributed by atoms with Gasteiger partial charge in [-0.1, -0.05) is 0 Å². The Kier molecular flexibility index (Phi) is 2.50. The number of rotatable bonds is 3. The summed E-state index contributed by atoms with van der Waals surface area (Å²) in [6, 6.07) is 2.06. The summed E-state index contributed by atoms with van der Waals surface area (Å²) < 4.78 is 5.30. The maximum Gasteiger partial charge on any atom is 0.287 e. The van der Waals surface area contributed by atoms with Gasteiger partial charge in [-0.25, -0.2) is 0 Å². The van der Waals surface area contributed by atoms with Crippen LogP contribution in [0.5, 0.6) is 0 Å². The molecule has 1 aromatic rings. The Hall–Kier alpha value is -0.960. The molecule has 0 atom stereocenters. The molecule has 1 saturated carbocycles. The fraction of sp³-hybridized carbons (Fsp3) is 0.500. The summed E-state index contributed by atoms with van der Waals surface area (Å²) in [5.41, 5.74) is 0.882. The zero-order valence-corrected chi connectivity index (χ0v) is 8.73. The van der Waals surface area contributed by atoms with E-state index in [-0.39, 0.29) is 5.91 Å². The smallest absolute Gasteiger partial charge is 0.287 e. The second-order valence-corrected chi connectivity index (χ2v) is 3.84. The first kappa shape index (κ1) is 9.59. The Labute approximate surface area is 87.4 Å². The Morgan fingerprint density at radius 1 is 1.71 bits per heavy atom. The first-order chi connectivity index (χ1) is 6.70. The molecule has 2 rings (SSSR count). The fourth-order valence-electron chi connectivity index (χ4n) is 1.25. The zero-order valence-electron chi connectivity index (χ0n) is 7.97. The van der Waals surface area contributed by atoms with Gasteiger partial charge in [-0.2, -0.15) is 0 Å². The van der Waals surface area contributed by atoms with Crippen LogP contribution >= 0.6 is 11.6 Å². The van der Waals surface area contributed by atoms with Crippen molar-refractivity contribution >= 4 is 17.5 Å². The van der Waals surface area contributed by atoms with Gasteiger partial charge in [-0.15, -0.1) is 11.6 Å². The summed E-state index contributed by atoms with van der Waals surface area (Å²) in [6.45, 7) is 1.81. The number of hydrogen-bond donors (Lipinski definition) is 1. The maximum atomic E-state index is 11.5. The average Bonchev–Trinajstić information content (AvgIpc) is 2.87. The summed E-state index contributed by atoms with van der Waals surface area (Å²) in [6.07, 6.45) is 2.15. The number of alkyl halides is 1. The molecule has 1 N–H and O–H groups in total. The molecule has 1 fully saturated rings. The van der Waals surface area contributed by atoms with Gasteiger partial charge in [0.2, 0.25) is 0 Å².